The van der Waals surface area contributed by atoms with Crippen molar-refractivity contribution in [2.45, 2.75) is 19.3 Å². The molecule has 2 N–H and O–H groups in total. The summed E-state index contributed by atoms with van der Waals surface area (Å²) < 4.78 is 0. The summed E-state index contributed by atoms with van der Waals surface area (Å²) >= 11 is 0. The van der Waals surface area contributed by atoms with Gasteiger partial charge in [-0.1, -0.05) is 0 Å². The highest BCUT2D eigenvalue weighted by atomic mass is 16.2. The fourth-order valence-corrected chi connectivity index (χ4v) is 2.02. The highest BCUT2D eigenvalue weighted by Crippen LogP contribution is 2.19. The van der Waals surface area contributed by atoms with Crippen LogP contribution in [0.4, 0.5) is 0 Å². The lowest BCUT2D eigenvalue weighted by Crippen LogP contribution is -2.39. The van der Waals surface area contributed by atoms with Crippen LogP contribution in [-0.2, 0) is 9.59 Å². The highest BCUT2D eigenvalue weighted by molar-refractivity contribution is 6.34. The zero-order valence-electron chi connectivity index (χ0n) is 10.1. The molecule has 0 aromatic carbocycles. The lowest BCUT2D eigenvalue weighted by molar-refractivity contribution is -0.143. The third kappa shape index (κ3) is 3.81. The Morgan fingerprint density at radius 2 is 1.94 bits per heavy atom. The van der Waals surface area contributed by atoms with Gasteiger partial charge in [0, 0.05) is 13.6 Å². The number of likely N-dealkylation sites (N-methyl/N-ethyl adjacent to an activating group) is 1. The standard InChI is InChI=1S/C11H21N3O2/c1-13-6-3-9(4-7-13)5-8-14(2)11(16)10(12)15/h9H,3-8H2,1-2H3,(H2,12,15). The van der Waals surface area contributed by atoms with Crippen molar-refractivity contribution in [1.82, 2.24) is 9.80 Å². The molecule has 1 aliphatic rings. The second-order valence-corrected chi connectivity index (χ2v) is 4.63. The first kappa shape index (κ1) is 13.0. The summed E-state index contributed by atoms with van der Waals surface area (Å²) in [5, 5.41) is 0. The van der Waals surface area contributed by atoms with Crippen molar-refractivity contribution in [2.24, 2.45) is 11.7 Å². The molecule has 0 radical (unpaired) electrons. The highest BCUT2D eigenvalue weighted by Gasteiger charge is 2.19. The number of amides is 2. The average Bonchev–Trinajstić information content (AvgIpc) is 2.26. The molecular weight excluding hydrogens is 206 g/mol. The molecule has 0 saturated carbocycles. The Labute approximate surface area is 96.6 Å². The number of nitrogens with zero attached hydrogens (tertiary/aromatic N) is 2. The molecule has 0 aliphatic carbocycles. The van der Waals surface area contributed by atoms with Crippen molar-refractivity contribution in [1.29, 1.82) is 0 Å². The molecule has 1 saturated heterocycles. The Morgan fingerprint density at radius 3 is 2.44 bits per heavy atom. The van der Waals surface area contributed by atoms with Gasteiger partial charge in [0.25, 0.3) is 0 Å². The van der Waals surface area contributed by atoms with Gasteiger partial charge in [-0.05, 0) is 45.3 Å². The predicted molar refractivity (Wildman–Crippen MR) is 61.7 cm³/mol. The van der Waals surface area contributed by atoms with Gasteiger partial charge in [-0.15, -0.1) is 0 Å². The van der Waals surface area contributed by atoms with E-state index >= 15 is 0 Å². The van der Waals surface area contributed by atoms with Crippen molar-refractivity contribution in [3.63, 3.8) is 0 Å². The molecule has 0 aromatic heterocycles. The third-order valence-electron chi connectivity index (χ3n) is 3.27. The van der Waals surface area contributed by atoms with E-state index in [0.717, 1.165) is 19.5 Å². The van der Waals surface area contributed by atoms with Crippen LogP contribution < -0.4 is 5.73 Å². The Morgan fingerprint density at radius 1 is 1.38 bits per heavy atom. The van der Waals surface area contributed by atoms with Gasteiger partial charge < -0.3 is 15.5 Å². The van der Waals surface area contributed by atoms with Gasteiger partial charge in [-0.3, -0.25) is 9.59 Å². The van der Waals surface area contributed by atoms with Crippen molar-refractivity contribution < 1.29 is 9.59 Å². The number of hydrogen-bond acceptors (Lipinski definition) is 3. The van der Waals surface area contributed by atoms with E-state index in [0.29, 0.717) is 12.5 Å². The maximum atomic E-state index is 11.2. The van der Waals surface area contributed by atoms with Crippen LogP contribution >= 0.6 is 0 Å². The van der Waals surface area contributed by atoms with Crippen LogP contribution in [0.5, 0.6) is 0 Å². The molecule has 2 amide bonds. The first-order chi connectivity index (χ1) is 7.50. The Bertz CT molecular complexity index is 260. The van der Waals surface area contributed by atoms with E-state index in [-0.39, 0.29) is 0 Å². The van der Waals surface area contributed by atoms with Gasteiger partial charge in [0.1, 0.15) is 0 Å². The van der Waals surface area contributed by atoms with Crippen LogP contribution in [0.2, 0.25) is 0 Å². The average molecular weight is 227 g/mol. The van der Waals surface area contributed by atoms with E-state index in [9.17, 15) is 9.59 Å². The van der Waals surface area contributed by atoms with Gasteiger partial charge in [0.15, 0.2) is 0 Å². The Hall–Kier alpha value is -1.10. The molecule has 1 aliphatic heterocycles. The van der Waals surface area contributed by atoms with Gasteiger partial charge >= 0.3 is 11.8 Å². The number of rotatable bonds is 3. The first-order valence-electron chi connectivity index (χ1n) is 5.74. The number of nitrogens with two attached hydrogens (primary N) is 1. The largest absolute Gasteiger partial charge is 0.361 e. The maximum absolute atomic E-state index is 11.2. The zero-order valence-corrected chi connectivity index (χ0v) is 10.1. The summed E-state index contributed by atoms with van der Waals surface area (Å²) in [6.45, 7) is 2.87. The molecule has 1 rings (SSSR count). The fraction of sp³-hybridized carbons (Fsp3) is 0.818. The first-order valence-corrected chi connectivity index (χ1v) is 5.74. The molecular formula is C11H21N3O2. The monoisotopic (exact) mass is 227 g/mol. The molecule has 5 nitrogen and oxygen atoms in total. The van der Waals surface area contributed by atoms with Crippen LogP contribution in [0.3, 0.4) is 0 Å². The number of primary amides is 1. The lowest BCUT2D eigenvalue weighted by Gasteiger charge is -2.29. The Balaban J connectivity index is 2.24. The normalized spacial score (nSPS) is 18.4. The molecule has 1 fully saturated rings. The fourth-order valence-electron chi connectivity index (χ4n) is 2.02. The van der Waals surface area contributed by atoms with Crippen LogP contribution in [0.15, 0.2) is 0 Å². The van der Waals surface area contributed by atoms with Crippen molar-refractivity contribution in [3.05, 3.63) is 0 Å². The summed E-state index contributed by atoms with van der Waals surface area (Å²) in [5.41, 5.74) is 4.93. The topological polar surface area (TPSA) is 66.6 Å². The number of carbonyl (C=O) groups is 2. The molecule has 0 spiro atoms. The second kappa shape index (κ2) is 5.84. The molecule has 0 aromatic rings. The molecule has 1 heterocycles. The van der Waals surface area contributed by atoms with Crippen molar-refractivity contribution >= 4 is 11.8 Å². The van der Waals surface area contributed by atoms with Crippen LogP contribution in [0.1, 0.15) is 19.3 Å². The molecule has 0 atom stereocenters. The van der Waals surface area contributed by atoms with E-state index in [4.69, 9.17) is 5.73 Å². The van der Waals surface area contributed by atoms with Crippen molar-refractivity contribution in [3.8, 4) is 0 Å². The van der Waals surface area contributed by atoms with Gasteiger partial charge in [-0.25, -0.2) is 0 Å². The lowest BCUT2D eigenvalue weighted by atomic mass is 9.94. The van der Waals surface area contributed by atoms with Gasteiger partial charge in [0.2, 0.25) is 0 Å². The van der Waals surface area contributed by atoms with E-state index in [1.807, 2.05) is 0 Å². The van der Waals surface area contributed by atoms with E-state index in [1.54, 1.807) is 7.05 Å². The summed E-state index contributed by atoms with van der Waals surface area (Å²) in [6.07, 6.45) is 3.31. The third-order valence-corrected chi connectivity index (χ3v) is 3.27. The summed E-state index contributed by atoms with van der Waals surface area (Å²) in [5.74, 6) is -0.793. The predicted octanol–water partition coefficient (Wildman–Crippen LogP) is -0.338. The summed E-state index contributed by atoms with van der Waals surface area (Å²) in [6, 6.07) is 0. The molecule has 92 valence electrons. The van der Waals surface area contributed by atoms with Crippen molar-refractivity contribution in [2.75, 3.05) is 33.7 Å². The van der Waals surface area contributed by atoms with Crippen LogP contribution in [0.25, 0.3) is 0 Å². The molecule has 16 heavy (non-hydrogen) atoms. The zero-order chi connectivity index (χ0) is 12.1. The van der Waals surface area contributed by atoms with Gasteiger partial charge in [0.05, 0.1) is 0 Å². The van der Waals surface area contributed by atoms with Gasteiger partial charge in [-0.2, -0.15) is 0 Å². The number of likely N-dealkylation sites (tertiary alicyclic amines) is 1. The number of carbonyl (C=O) groups excluding carboxylic acids is 2. The second-order valence-electron chi connectivity index (χ2n) is 4.63. The smallest absolute Gasteiger partial charge is 0.311 e. The SMILES string of the molecule is CN1CCC(CCN(C)C(=O)C(N)=O)CC1. The van der Waals surface area contributed by atoms with E-state index in [1.165, 1.54) is 17.7 Å². The number of hydrogen-bond donors (Lipinski definition) is 1. The Kier molecular flexibility index (Phi) is 4.73. The molecule has 5 heteroatoms. The van der Waals surface area contributed by atoms with Crippen LogP contribution in [-0.4, -0.2) is 55.3 Å². The summed E-state index contributed by atoms with van der Waals surface area (Å²) in [7, 11) is 3.75. The number of piperidine rings is 1. The minimum atomic E-state index is -0.870. The minimum absolute atomic E-state index is 0.590. The maximum Gasteiger partial charge on any atom is 0.311 e. The summed E-state index contributed by atoms with van der Waals surface area (Å²) in [4.78, 5) is 25.6. The molecule has 0 bridgehead atoms. The quantitative estimate of drug-likeness (QED) is 0.671. The minimum Gasteiger partial charge on any atom is -0.361 e. The van der Waals surface area contributed by atoms with Crippen LogP contribution in [0, 0.1) is 5.92 Å². The van der Waals surface area contributed by atoms with E-state index in [2.05, 4.69) is 11.9 Å². The molecule has 0 unspecified atom stereocenters. The van der Waals surface area contributed by atoms with E-state index < -0.39 is 11.8 Å².